The lowest BCUT2D eigenvalue weighted by Gasteiger charge is -2.45. The molecule has 2 fully saturated rings. The molecule has 4 rings (SSSR count). The molecule has 35 heavy (non-hydrogen) atoms. The Kier molecular flexibility index (Phi) is 7.04. The van der Waals surface area contributed by atoms with Crippen LogP contribution in [0.5, 0.6) is 5.75 Å². The van der Waals surface area contributed by atoms with Crippen molar-refractivity contribution in [2.45, 2.75) is 62.4 Å². The number of aromatic hydroxyl groups is 1. The molecule has 2 heterocycles. The Bertz CT molecular complexity index is 973. The van der Waals surface area contributed by atoms with Gasteiger partial charge in [0.1, 0.15) is 24.1 Å². The summed E-state index contributed by atoms with van der Waals surface area (Å²) in [6.45, 7) is 0.844. The predicted octanol–water partition coefficient (Wildman–Crippen LogP) is -0.525. The number of phenolic OH excluding ortho intramolecular Hbond substituents is 1. The number of ether oxygens (including phenoxy) is 4. The predicted molar refractivity (Wildman–Crippen MR) is 114 cm³/mol. The number of carboxylic acid groups (broad SMARTS) is 1. The van der Waals surface area contributed by atoms with Crippen molar-refractivity contribution >= 4 is 11.9 Å². The van der Waals surface area contributed by atoms with Crippen molar-refractivity contribution in [2.75, 3.05) is 6.61 Å². The Balaban J connectivity index is 1.60. The second-order valence-corrected chi connectivity index (χ2v) is 9.17. The Morgan fingerprint density at radius 2 is 1.83 bits per heavy atom. The summed E-state index contributed by atoms with van der Waals surface area (Å²) in [4.78, 5) is 24.3. The van der Waals surface area contributed by atoms with Gasteiger partial charge in [-0.3, -0.25) is 0 Å². The maximum Gasteiger partial charge on any atom is 0.338 e. The van der Waals surface area contributed by atoms with E-state index in [1.807, 2.05) is 0 Å². The fourth-order valence-electron chi connectivity index (χ4n) is 4.91. The number of carbonyl (C=O) groups is 2. The number of phenols is 1. The summed E-state index contributed by atoms with van der Waals surface area (Å²) in [7, 11) is 0. The lowest BCUT2D eigenvalue weighted by molar-refractivity contribution is -0.345. The molecule has 0 radical (unpaired) electrons. The van der Waals surface area contributed by atoms with Crippen LogP contribution in [0.1, 0.15) is 30.1 Å². The molecule has 192 valence electrons. The Morgan fingerprint density at radius 1 is 1.14 bits per heavy atom. The average molecular weight is 496 g/mol. The number of aliphatic hydroxyl groups excluding tert-OH is 3. The molecular weight excluding hydrogens is 468 g/mol. The number of rotatable bonds is 6. The molecule has 1 aliphatic carbocycles. The summed E-state index contributed by atoms with van der Waals surface area (Å²) >= 11 is 0. The van der Waals surface area contributed by atoms with Crippen molar-refractivity contribution in [3.8, 4) is 5.75 Å². The van der Waals surface area contributed by atoms with E-state index < -0.39 is 73.0 Å². The maximum atomic E-state index is 12.7. The maximum absolute atomic E-state index is 12.7. The van der Waals surface area contributed by atoms with Crippen molar-refractivity contribution in [1.82, 2.24) is 0 Å². The molecule has 1 saturated heterocycles. The minimum atomic E-state index is -1.72. The molecule has 0 bridgehead atoms. The van der Waals surface area contributed by atoms with E-state index in [0.717, 1.165) is 6.26 Å². The van der Waals surface area contributed by atoms with Gasteiger partial charge in [-0.1, -0.05) is 0 Å². The van der Waals surface area contributed by atoms with Crippen LogP contribution in [0.4, 0.5) is 0 Å². The van der Waals surface area contributed by atoms with Crippen LogP contribution >= 0.6 is 0 Å². The first-order valence-electron chi connectivity index (χ1n) is 11.1. The van der Waals surface area contributed by atoms with E-state index in [1.54, 1.807) is 0 Å². The molecule has 0 amide bonds. The highest BCUT2D eigenvalue weighted by Gasteiger charge is 2.56. The van der Waals surface area contributed by atoms with E-state index >= 15 is 0 Å². The van der Waals surface area contributed by atoms with Gasteiger partial charge in [-0.2, -0.15) is 0 Å². The zero-order valence-electron chi connectivity index (χ0n) is 18.8. The Labute approximate surface area is 199 Å². The first-order valence-corrected chi connectivity index (χ1v) is 11.1. The molecule has 6 N–H and O–H groups in total. The van der Waals surface area contributed by atoms with E-state index in [1.165, 1.54) is 31.2 Å². The number of benzene rings is 1. The minimum absolute atomic E-state index is 0.0174. The van der Waals surface area contributed by atoms with Gasteiger partial charge in [0, 0.05) is 5.92 Å². The third-order valence-electron chi connectivity index (χ3n) is 6.82. The molecule has 1 saturated carbocycles. The smallest absolute Gasteiger partial charge is 0.338 e. The summed E-state index contributed by atoms with van der Waals surface area (Å²) in [5.41, 5.74) is -1.34. The normalized spacial score (nSPS) is 38.7. The zero-order valence-corrected chi connectivity index (χ0v) is 18.8. The van der Waals surface area contributed by atoms with Gasteiger partial charge in [0.05, 0.1) is 35.5 Å². The molecule has 3 aliphatic rings. The van der Waals surface area contributed by atoms with Crippen LogP contribution in [0, 0.1) is 11.8 Å². The van der Waals surface area contributed by atoms with E-state index in [9.17, 15) is 40.2 Å². The molecule has 12 heteroatoms. The van der Waals surface area contributed by atoms with E-state index in [-0.39, 0.29) is 23.3 Å². The summed E-state index contributed by atoms with van der Waals surface area (Å²) in [5.74, 6) is -3.60. The number of hydrogen-bond donors (Lipinski definition) is 6. The largest absolute Gasteiger partial charge is 0.508 e. The summed E-state index contributed by atoms with van der Waals surface area (Å²) < 4.78 is 22.4. The van der Waals surface area contributed by atoms with Crippen LogP contribution in [-0.2, 0) is 23.7 Å². The van der Waals surface area contributed by atoms with Crippen LogP contribution in [0.15, 0.2) is 36.1 Å². The van der Waals surface area contributed by atoms with Crippen LogP contribution in [0.2, 0.25) is 0 Å². The highest BCUT2D eigenvalue weighted by molar-refractivity contribution is 5.89. The fraction of sp³-hybridized carbons (Fsp3) is 0.565. The van der Waals surface area contributed by atoms with Crippen LogP contribution in [-0.4, -0.2) is 91.8 Å². The molecule has 1 aromatic rings. The van der Waals surface area contributed by atoms with Crippen molar-refractivity contribution in [3.63, 3.8) is 0 Å². The van der Waals surface area contributed by atoms with Gasteiger partial charge in [0.2, 0.25) is 12.6 Å². The number of fused-ring (bicyclic) bond motifs is 1. The Morgan fingerprint density at radius 3 is 2.46 bits per heavy atom. The van der Waals surface area contributed by atoms with Crippen LogP contribution in [0.25, 0.3) is 0 Å². The van der Waals surface area contributed by atoms with Gasteiger partial charge in [0.25, 0.3) is 0 Å². The van der Waals surface area contributed by atoms with Crippen LogP contribution < -0.4 is 0 Å². The van der Waals surface area contributed by atoms with Gasteiger partial charge in [-0.15, -0.1) is 0 Å². The quantitative estimate of drug-likeness (QED) is 0.276. The van der Waals surface area contributed by atoms with Gasteiger partial charge in [-0.05, 0) is 44.0 Å². The van der Waals surface area contributed by atoms with Gasteiger partial charge < -0.3 is 49.6 Å². The summed E-state index contributed by atoms with van der Waals surface area (Å²) in [5, 5.41) is 60.4. The van der Waals surface area contributed by atoms with Crippen molar-refractivity contribution in [3.05, 3.63) is 41.7 Å². The highest BCUT2D eigenvalue weighted by atomic mass is 16.8. The second kappa shape index (κ2) is 9.72. The van der Waals surface area contributed by atoms with Gasteiger partial charge in [-0.25, -0.2) is 9.59 Å². The third-order valence-corrected chi connectivity index (χ3v) is 6.82. The average Bonchev–Trinajstić information content (AvgIpc) is 3.14. The standard InChI is InChI=1S/C23H28O12/c1-23(31)7-6-12-13(19(28)29)9-32-21(15(12)23)35-22-18(17(27)16(26)14(8-24)33-22)34-20(30)10-2-4-11(25)5-3-10/h2-5,9,12,14-18,21-22,24-27,31H,6-8H2,1H3,(H,28,29)/t12-,14+,15+,16+,17-,18+,21-,22+,23+/m0/s1. The summed E-state index contributed by atoms with van der Waals surface area (Å²) in [6, 6.07) is 5.11. The number of aliphatic hydroxyl groups is 4. The SMILES string of the molecule is C[C@@]1(O)CC[C@H]2C(C(=O)O)=CO[C@@H](O[C@H]3O[C@H](CO)[C@@H](O)[C@H](O)[C@H]3OC(=O)c3ccc(O)cc3)[C@@H]21. The summed E-state index contributed by atoms with van der Waals surface area (Å²) in [6.07, 6.45) is -7.32. The van der Waals surface area contributed by atoms with E-state index in [2.05, 4.69) is 0 Å². The first-order chi connectivity index (χ1) is 16.5. The van der Waals surface area contributed by atoms with Gasteiger partial charge in [0.15, 0.2) is 6.10 Å². The molecule has 9 atom stereocenters. The first kappa shape index (κ1) is 25.4. The van der Waals surface area contributed by atoms with E-state index in [4.69, 9.17) is 18.9 Å². The lowest BCUT2D eigenvalue weighted by atomic mass is 9.81. The molecule has 0 unspecified atom stereocenters. The zero-order chi connectivity index (χ0) is 25.5. The fourth-order valence-corrected chi connectivity index (χ4v) is 4.91. The molecule has 2 aliphatic heterocycles. The van der Waals surface area contributed by atoms with Gasteiger partial charge >= 0.3 is 11.9 Å². The Hall–Kier alpha value is -2.74. The van der Waals surface area contributed by atoms with Crippen molar-refractivity contribution in [1.29, 1.82) is 0 Å². The number of hydrogen-bond acceptors (Lipinski definition) is 11. The number of carboxylic acids is 1. The van der Waals surface area contributed by atoms with Crippen LogP contribution in [0.3, 0.4) is 0 Å². The van der Waals surface area contributed by atoms with E-state index in [0.29, 0.717) is 6.42 Å². The topological polar surface area (TPSA) is 192 Å². The van der Waals surface area contributed by atoms with Crippen molar-refractivity contribution < 1.29 is 59.2 Å². The molecule has 0 aromatic heterocycles. The monoisotopic (exact) mass is 496 g/mol. The molecular formula is C23H28O12. The number of esters is 1. The number of carbonyl (C=O) groups excluding carboxylic acids is 1. The third kappa shape index (κ3) is 4.85. The lowest BCUT2D eigenvalue weighted by Crippen LogP contribution is -2.62. The molecule has 0 spiro atoms. The minimum Gasteiger partial charge on any atom is -0.508 e. The molecule has 1 aromatic carbocycles. The highest BCUT2D eigenvalue weighted by Crippen LogP contribution is 2.49. The number of aliphatic carboxylic acids is 1. The molecule has 12 nitrogen and oxygen atoms in total. The second-order valence-electron chi connectivity index (χ2n) is 9.17. The van der Waals surface area contributed by atoms with Crippen molar-refractivity contribution in [2.24, 2.45) is 11.8 Å².